The van der Waals surface area contributed by atoms with Crippen molar-refractivity contribution in [1.82, 2.24) is 4.98 Å². The predicted octanol–water partition coefficient (Wildman–Crippen LogP) is 2.51. The van der Waals surface area contributed by atoms with Crippen molar-refractivity contribution in [2.75, 3.05) is 0 Å². The first-order valence-corrected chi connectivity index (χ1v) is 5.31. The lowest BCUT2D eigenvalue weighted by Crippen LogP contribution is -2.21. The summed E-state index contributed by atoms with van der Waals surface area (Å²) in [5, 5.41) is 9.68. The second-order valence-corrected chi connectivity index (χ2v) is 5.32. The third-order valence-electron chi connectivity index (χ3n) is 2.20. The number of thiazole rings is 1. The number of carbonyl (C=O) groups is 1. The molecular formula is C10H15NO2S. The third kappa shape index (κ3) is 2.32. The molecule has 0 spiro atoms. The molecule has 4 heteroatoms. The van der Waals surface area contributed by atoms with Crippen molar-refractivity contribution in [3.8, 4) is 0 Å². The van der Waals surface area contributed by atoms with Crippen molar-refractivity contribution < 1.29 is 9.90 Å². The number of hydrogen-bond acceptors (Lipinski definition) is 3. The molecule has 0 unspecified atom stereocenters. The van der Waals surface area contributed by atoms with E-state index in [9.17, 15) is 4.79 Å². The summed E-state index contributed by atoms with van der Waals surface area (Å²) >= 11 is 1.59. The summed E-state index contributed by atoms with van der Waals surface area (Å²) in [6, 6.07) is 0. The fourth-order valence-electron chi connectivity index (χ4n) is 1.22. The van der Waals surface area contributed by atoms with Crippen molar-refractivity contribution in [3.63, 3.8) is 0 Å². The zero-order valence-corrected chi connectivity index (χ0v) is 9.73. The molecular weight excluding hydrogens is 198 g/mol. The monoisotopic (exact) mass is 213 g/mol. The van der Waals surface area contributed by atoms with E-state index in [1.807, 2.05) is 27.7 Å². The maximum atomic E-state index is 10.7. The molecule has 0 aliphatic heterocycles. The van der Waals surface area contributed by atoms with Gasteiger partial charge in [-0.3, -0.25) is 4.79 Å². The average Bonchev–Trinajstić information content (AvgIpc) is 2.30. The Morgan fingerprint density at radius 1 is 1.50 bits per heavy atom. The van der Waals surface area contributed by atoms with Crippen LogP contribution in [-0.2, 0) is 10.2 Å². The largest absolute Gasteiger partial charge is 0.481 e. The molecule has 1 heterocycles. The third-order valence-corrected chi connectivity index (χ3v) is 3.64. The number of aryl methyl sites for hydroxylation is 2. The van der Waals surface area contributed by atoms with Crippen molar-refractivity contribution in [2.24, 2.45) is 0 Å². The second kappa shape index (κ2) is 3.69. The number of carboxylic acids is 1. The van der Waals surface area contributed by atoms with Gasteiger partial charge in [0.1, 0.15) is 0 Å². The van der Waals surface area contributed by atoms with Gasteiger partial charge in [-0.05, 0) is 13.8 Å². The van der Waals surface area contributed by atoms with Gasteiger partial charge in [-0.1, -0.05) is 13.8 Å². The van der Waals surface area contributed by atoms with Crippen LogP contribution in [0.1, 0.15) is 35.8 Å². The number of hydrogen-bond donors (Lipinski definition) is 1. The molecule has 0 aliphatic carbocycles. The minimum absolute atomic E-state index is 0.124. The first-order chi connectivity index (χ1) is 6.33. The Morgan fingerprint density at radius 3 is 2.43 bits per heavy atom. The average molecular weight is 213 g/mol. The van der Waals surface area contributed by atoms with E-state index in [0.29, 0.717) is 0 Å². The van der Waals surface area contributed by atoms with Gasteiger partial charge in [0.05, 0.1) is 17.1 Å². The highest BCUT2D eigenvalue weighted by Gasteiger charge is 2.27. The fourth-order valence-corrected chi connectivity index (χ4v) is 2.23. The summed E-state index contributed by atoms with van der Waals surface area (Å²) in [7, 11) is 0. The van der Waals surface area contributed by atoms with E-state index in [-0.39, 0.29) is 11.8 Å². The number of nitrogens with zero attached hydrogens (tertiary/aromatic N) is 1. The van der Waals surface area contributed by atoms with Gasteiger partial charge in [0.2, 0.25) is 0 Å². The SMILES string of the molecule is Cc1nc(C(C)(C)CC(=O)O)sc1C. The smallest absolute Gasteiger partial charge is 0.304 e. The number of aliphatic carboxylic acids is 1. The quantitative estimate of drug-likeness (QED) is 0.839. The lowest BCUT2D eigenvalue weighted by atomic mass is 9.90. The molecule has 0 radical (unpaired) electrons. The fraction of sp³-hybridized carbons (Fsp3) is 0.600. The topological polar surface area (TPSA) is 50.2 Å². The van der Waals surface area contributed by atoms with Gasteiger partial charge in [0.25, 0.3) is 0 Å². The lowest BCUT2D eigenvalue weighted by Gasteiger charge is -2.18. The van der Waals surface area contributed by atoms with E-state index in [4.69, 9.17) is 5.11 Å². The summed E-state index contributed by atoms with van der Waals surface area (Å²) in [5.41, 5.74) is 0.638. The molecule has 14 heavy (non-hydrogen) atoms. The zero-order chi connectivity index (χ0) is 10.9. The van der Waals surface area contributed by atoms with E-state index in [0.717, 1.165) is 10.7 Å². The Labute approximate surface area is 87.8 Å². The summed E-state index contributed by atoms with van der Waals surface area (Å²) in [6.45, 7) is 7.79. The maximum Gasteiger partial charge on any atom is 0.304 e. The van der Waals surface area contributed by atoms with Crippen LogP contribution in [0.5, 0.6) is 0 Å². The Hall–Kier alpha value is -0.900. The first-order valence-electron chi connectivity index (χ1n) is 4.49. The summed E-state index contributed by atoms with van der Waals surface area (Å²) in [5.74, 6) is -0.777. The van der Waals surface area contributed by atoms with Gasteiger partial charge < -0.3 is 5.11 Å². The van der Waals surface area contributed by atoms with Crippen molar-refractivity contribution in [2.45, 2.75) is 39.5 Å². The molecule has 0 atom stereocenters. The molecule has 1 N–H and O–H groups in total. The van der Waals surface area contributed by atoms with Crippen LogP contribution in [0.4, 0.5) is 0 Å². The van der Waals surface area contributed by atoms with Crippen LogP contribution in [0.25, 0.3) is 0 Å². The molecule has 0 fully saturated rings. The van der Waals surface area contributed by atoms with Gasteiger partial charge in [0, 0.05) is 10.3 Å². The highest BCUT2D eigenvalue weighted by molar-refractivity contribution is 7.11. The summed E-state index contributed by atoms with van der Waals surface area (Å²) < 4.78 is 0. The van der Waals surface area contributed by atoms with Crippen LogP contribution < -0.4 is 0 Å². The molecule has 1 rings (SSSR count). The standard InChI is InChI=1S/C10H15NO2S/c1-6-7(2)14-9(11-6)10(3,4)5-8(12)13/h5H2,1-4H3,(H,12,13). The van der Waals surface area contributed by atoms with Gasteiger partial charge in [-0.2, -0.15) is 0 Å². The molecule has 0 saturated carbocycles. The minimum Gasteiger partial charge on any atom is -0.481 e. The molecule has 0 bridgehead atoms. The first kappa shape index (κ1) is 11.2. The molecule has 0 aliphatic rings. The van der Waals surface area contributed by atoms with Crippen LogP contribution >= 0.6 is 11.3 Å². The van der Waals surface area contributed by atoms with Crippen LogP contribution in [0.2, 0.25) is 0 Å². The van der Waals surface area contributed by atoms with Gasteiger partial charge in [-0.25, -0.2) is 4.98 Å². The van der Waals surface area contributed by atoms with Gasteiger partial charge in [0.15, 0.2) is 0 Å². The molecule has 1 aromatic heterocycles. The van der Waals surface area contributed by atoms with E-state index >= 15 is 0 Å². The molecule has 3 nitrogen and oxygen atoms in total. The normalized spacial score (nSPS) is 11.7. The second-order valence-electron chi connectivity index (χ2n) is 4.12. The zero-order valence-electron chi connectivity index (χ0n) is 8.92. The number of carboxylic acid groups (broad SMARTS) is 1. The molecule has 1 aromatic rings. The Kier molecular flexibility index (Phi) is 2.95. The van der Waals surface area contributed by atoms with Gasteiger partial charge in [-0.15, -0.1) is 11.3 Å². The molecule has 0 aromatic carbocycles. The van der Waals surface area contributed by atoms with Crippen LogP contribution in [0, 0.1) is 13.8 Å². The van der Waals surface area contributed by atoms with Crippen molar-refractivity contribution >= 4 is 17.3 Å². The Bertz CT molecular complexity index is 336. The van der Waals surface area contributed by atoms with E-state index in [1.54, 1.807) is 11.3 Å². The Morgan fingerprint density at radius 2 is 2.07 bits per heavy atom. The summed E-state index contributed by atoms with van der Waals surface area (Å²) in [4.78, 5) is 16.2. The van der Waals surface area contributed by atoms with E-state index in [2.05, 4.69) is 4.98 Å². The van der Waals surface area contributed by atoms with Crippen molar-refractivity contribution in [3.05, 3.63) is 15.6 Å². The molecule has 0 saturated heterocycles. The van der Waals surface area contributed by atoms with Crippen LogP contribution in [0.15, 0.2) is 0 Å². The highest BCUT2D eigenvalue weighted by Crippen LogP contribution is 2.31. The summed E-state index contributed by atoms with van der Waals surface area (Å²) in [6.07, 6.45) is 0.124. The van der Waals surface area contributed by atoms with Crippen LogP contribution in [0.3, 0.4) is 0 Å². The molecule has 0 amide bonds. The van der Waals surface area contributed by atoms with Crippen LogP contribution in [-0.4, -0.2) is 16.1 Å². The lowest BCUT2D eigenvalue weighted by molar-refractivity contribution is -0.138. The molecule has 78 valence electrons. The minimum atomic E-state index is -0.777. The van der Waals surface area contributed by atoms with E-state index < -0.39 is 5.97 Å². The van der Waals surface area contributed by atoms with Crippen molar-refractivity contribution in [1.29, 1.82) is 0 Å². The highest BCUT2D eigenvalue weighted by atomic mass is 32.1. The van der Waals surface area contributed by atoms with E-state index in [1.165, 1.54) is 4.88 Å². The Balaban J connectivity index is 2.97. The maximum absolute atomic E-state index is 10.7. The van der Waals surface area contributed by atoms with Gasteiger partial charge >= 0.3 is 5.97 Å². The number of rotatable bonds is 3. The predicted molar refractivity (Wildman–Crippen MR) is 56.9 cm³/mol. The number of aromatic nitrogens is 1.